The van der Waals surface area contributed by atoms with Gasteiger partial charge in [-0.3, -0.25) is 0 Å². The molecule has 0 aliphatic carbocycles. The van der Waals surface area contributed by atoms with E-state index in [0.29, 0.717) is 5.56 Å². The molecular weight excluding hydrogens is 508 g/mol. The summed E-state index contributed by atoms with van der Waals surface area (Å²) in [5, 5.41) is 17.5. The molecule has 0 saturated heterocycles. The lowest BCUT2D eigenvalue weighted by atomic mass is 10.0. The maximum absolute atomic E-state index is 10.7. The lowest BCUT2D eigenvalue weighted by Crippen LogP contribution is -2.10. The molecule has 1 aromatic heterocycles. The summed E-state index contributed by atoms with van der Waals surface area (Å²) in [6.45, 7) is 1.56. The number of aryl methyl sites for hydroxylation is 1. The molecule has 3 aromatic rings. The fourth-order valence-corrected chi connectivity index (χ4v) is 4.06. The lowest BCUT2D eigenvalue weighted by Gasteiger charge is -2.10. The average molecular weight is 526 g/mol. The number of benzene rings is 2. The van der Waals surface area contributed by atoms with Crippen molar-refractivity contribution < 1.29 is 24.5 Å². The number of aromatic carboxylic acids is 2. The SMILES string of the molecule is COc1cc(Br)cc(Br)c1-c1ccc[nH]1.Cc1ccc(C(=O)O)c(N)c1C(=O)O. The van der Waals surface area contributed by atoms with Gasteiger partial charge in [0.15, 0.2) is 0 Å². The number of nitrogens with one attached hydrogen (secondary N) is 1. The molecule has 2 aromatic carbocycles. The number of carboxylic acids is 2. The van der Waals surface area contributed by atoms with E-state index in [2.05, 4.69) is 36.8 Å². The highest BCUT2D eigenvalue weighted by molar-refractivity contribution is 9.11. The Balaban J connectivity index is 0.000000208. The van der Waals surface area contributed by atoms with Crippen LogP contribution >= 0.6 is 31.9 Å². The topological polar surface area (TPSA) is 126 Å². The molecule has 1 heterocycles. The van der Waals surface area contributed by atoms with E-state index in [-0.39, 0.29) is 16.8 Å². The standard InChI is InChI=1S/C11H9Br2NO.C9H9NO4/c1-15-10-6-7(12)5-8(13)11(10)9-3-2-4-14-9;1-4-2-3-5(8(11)12)7(10)6(4)9(13)14/h2-6,14H,1H3;2-3H,10H2,1H3,(H,11,12)(H,13,14). The van der Waals surface area contributed by atoms with Gasteiger partial charge in [0, 0.05) is 15.1 Å². The molecule has 0 radical (unpaired) electrons. The predicted molar refractivity (Wildman–Crippen MR) is 118 cm³/mol. The molecule has 0 fully saturated rings. The zero-order chi connectivity index (χ0) is 21.7. The number of carboxylic acid groups (broad SMARTS) is 2. The molecule has 0 atom stereocenters. The van der Waals surface area contributed by atoms with E-state index in [1.807, 2.05) is 30.5 Å². The van der Waals surface area contributed by atoms with Crippen molar-refractivity contribution in [2.24, 2.45) is 0 Å². The van der Waals surface area contributed by atoms with Gasteiger partial charge in [-0.1, -0.05) is 22.0 Å². The van der Waals surface area contributed by atoms with Crippen molar-refractivity contribution in [3.8, 4) is 17.0 Å². The fraction of sp³-hybridized carbons (Fsp3) is 0.100. The number of halogens is 2. The largest absolute Gasteiger partial charge is 0.496 e. The van der Waals surface area contributed by atoms with Crippen molar-refractivity contribution in [2.75, 3.05) is 12.8 Å². The first-order chi connectivity index (χ1) is 13.7. The third kappa shape index (κ3) is 5.18. The molecule has 0 amide bonds. The van der Waals surface area contributed by atoms with E-state index in [9.17, 15) is 9.59 Å². The Morgan fingerprint density at radius 2 is 1.79 bits per heavy atom. The maximum Gasteiger partial charge on any atom is 0.338 e. The summed E-state index contributed by atoms with van der Waals surface area (Å²) in [5.74, 6) is -1.62. The van der Waals surface area contributed by atoms with Crippen molar-refractivity contribution in [2.45, 2.75) is 6.92 Å². The Labute approximate surface area is 183 Å². The van der Waals surface area contributed by atoms with Crippen LogP contribution < -0.4 is 10.5 Å². The number of rotatable bonds is 4. The Bertz CT molecular complexity index is 1050. The van der Waals surface area contributed by atoms with Gasteiger partial charge in [0.2, 0.25) is 0 Å². The minimum Gasteiger partial charge on any atom is -0.496 e. The first kappa shape index (κ1) is 22.5. The zero-order valence-corrected chi connectivity index (χ0v) is 18.7. The molecule has 0 spiro atoms. The van der Waals surface area contributed by atoms with Gasteiger partial charge in [0.05, 0.1) is 35.2 Å². The van der Waals surface area contributed by atoms with Crippen LogP contribution in [0.5, 0.6) is 5.75 Å². The first-order valence-corrected chi connectivity index (χ1v) is 9.78. The van der Waals surface area contributed by atoms with Crippen LogP contribution in [-0.4, -0.2) is 34.2 Å². The van der Waals surface area contributed by atoms with Crippen molar-refractivity contribution in [1.82, 2.24) is 4.98 Å². The predicted octanol–water partition coefficient (Wildman–Crippen LogP) is 5.19. The van der Waals surface area contributed by atoms with Crippen LogP contribution in [0.4, 0.5) is 5.69 Å². The fourth-order valence-electron chi connectivity index (χ4n) is 2.66. The number of methoxy groups -OCH3 is 1. The number of carbonyl (C=O) groups is 2. The Kier molecular flexibility index (Phi) is 7.46. The number of nitrogens with two attached hydrogens (primary N) is 1. The minimum absolute atomic E-state index is 0.148. The monoisotopic (exact) mass is 524 g/mol. The van der Waals surface area contributed by atoms with Gasteiger partial charge in [-0.2, -0.15) is 0 Å². The van der Waals surface area contributed by atoms with E-state index in [1.54, 1.807) is 14.0 Å². The second kappa shape index (κ2) is 9.62. The van der Waals surface area contributed by atoms with Crippen molar-refractivity contribution >= 4 is 49.5 Å². The van der Waals surface area contributed by atoms with Crippen LogP contribution in [0.2, 0.25) is 0 Å². The molecule has 9 heteroatoms. The van der Waals surface area contributed by atoms with Crippen LogP contribution in [0.3, 0.4) is 0 Å². The maximum atomic E-state index is 10.7. The molecule has 3 rings (SSSR count). The number of hydrogen-bond acceptors (Lipinski definition) is 4. The quantitative estimate of drug-likeness (QED) is 0.347. The van der Waals surface area contributed by atoms with E-state index in [1.165, 1.54) is 12.1 Å². The average Bonchev–Trinajstić information content (AvgIpc) is 3.15. The molecule has 152 valence electrons. The number of hydrogen-bond donors (Lipinski definition) is 4. The summed E-state index contributed by atoms with van der Waals surface area (Å²) in [6.07, 6.45) is 1.89. The van der Waals surface area contributed by atoms with Gasteiger partial charge in [-0.15, -0.1) is 0 Å². The number of aromatic nitrogens is 1. The van der Waals surface area contributed by atoms with Crippen LogP contribution in [0.15, 0.2) is 51.5 Å². The molecule has 0 aliphatic heterocycles. The molecule has 7 nitrogen and oxygen atoms in total. The summed E-state index contributed by atoms with van der Waals surface area (Å²) in [6, 6.07) is 10.6. The number of nitrogen functional groups attached to an aromatic ring is 1. The first-order valence-electron chi connectivity index (χ1n) is 8.19. The molecule has 0 saturated carbocycles. The summed E-state index contributed by atoms with van der Waals surface area (Å²) >= 11 is 6.96. The van der Waals surface area contributed by atoms with Crippen molar-refractivity contribution in [3.05, 3.63) is 68.2 Å². The van der Waals surface area contributed by atoms with Gasteiger partial charge >= 0.3 is 11.9 Å². The highest BCUT2D eigenvalue weighted by Crippen LogP contribution is 2.38. The Morgan fingerprint density at radius 1 is 1.10 bits per heavy atom. The van der Waals surface area contributed by atoms with Gasteiger partial charge in [-0.25, -0.2) is 9.59 Å². The smallest absolute Gasteiger partial charge is 0.338 e. The molecule has 29 heavy (non-hydrogen) atoms. The molecular formula is C20H18Br2N2O5. The highest BCUT2D eigenvalue weighted by atomic mass is 79.9. The molecule has 0 unspecified atom stereocenters. The third-order valence-corrected chi connectivity index (χ3v) is 5.09. The highest BCUT2D eigenvalue weighted by Gasteiger charge is 2.18. The van der Waals surface area contributed by atoms with E-state index < -0.39 is 11.9 Å². The van der Waals surface area contributed by atoms with Gasteiger partial charge in [0.1, 0.15) is 5.75 Å². The van der Waals surface area contributed by atoms with Gasteiger partial charge < -0.3 is 25.7 Å². The zero-order valence-electron chi connectivity index (χ0n) is 15.5. The second-order valence-electron chi connectivity index (χ2n) is 5.88. The minimum atomic E-state index is -1.23. The van der Waals surface area contributed by atoms with Crippen LogP contribution in [-0.2, 0) is 0 Å². The lowest BCUT2D eigenvalue weighted by molar-refractivity contribution is 0.0695. The summed E-state index contributed by atoms with van der Waals surface area (Å²) < 4.78 is 7.33. The van der Waals surface area contributed by atoms with E-state index in [4.69, 9.17) is 20.7 Å². The van der Waals surface area contributed by atoms with Gasteiger partial charge in [-0.05, 0) is 58.7 Å². The summed E-state index contributed by atoms with van der Waals surface area (Å²) in [4.78, 5) is 24.5. The number of anilines is 1. The van der Waals surface area contributed by atoms with E-state index in [0.717, 1.165) is 26.0 Å². The number of H-pyrrole nitrogens is 1. The normalized spacial score (nSPS) is 10.1. The summed E-state index contributed by atoms with van der Waals surface area (Å²) in [7, 11) is 1.67. The van der Waals surface area contributed by atoms with Crippen molar-refractivity contribution in [1.29, 1.82) is 0 Å². The van der Waals surface area contributed by atoms with Crippen LogP contribution in [0.1, 0.15) is 26.3 Å². The van der Waals surface area contributed by atoms with E-state index >= 15 is 0 Å². The number of ether oxygens (including phenoxy) is 1. The summed E-state index contributed by atoms with van der Waals surface area (Å²) in [5.41, 5.74) is 7.40. The molecule has 0 bridgehead atoms. The number of aromatic amines is 1. The Hall–Kier alpha value is -2.78. The molecule has 0 aliphatic rings. The Morgan fingerprint density at radius 3 is 2.31 bits per heavy atom. The van der Waals surface area contributed by atoms with Gasteiger partial charge in [0.25, 0.3) is 0 Å². The molecule has 5 N–H and O–H groups in total. The van der Waals surface area contributed by atoms with Crippen LogP contribution in [0, 0.1) is 6.92 Å². The van der Waals surface area contributed by atoms with Crippen LogP contribution in [0.25, 0.3) is 11.3 Å². The third-order valence-electron chi connectivity index (χ3n) is 4.00. The van der Waals surface area contributed by atoms with Crippen molar-refractivity contribution in [3.63, 3.8) is 0 Å². The second-order valence-corrected chi connectivity index (χ2v) is 7.65.